The van der Waals surface area contributed by atoms with Gasteiger partial charge in [-0.05, 0) is 32.0 Å². The third-order valence-electron chi connectivity index (χ3n) is 3.00. The van der Waals surface area contributed by atoms with E-state index in [0.29, 0.717) is 13.2 Å². The van der Waals surface area contributed by atoms with Gasteiger partial charge < -0.3 is 15.4 Å². The smallest absolute Gasteiger partial charge is 0.321 e. The zero-order valence-electron chi connectivity index (χ0n) is 11.5. The fourth-order valence-corrected chi connectivity index (χ4v) is 2.10. The van der Waals surface area contributed by atoms with Crippen LogP contribution in [0.2, 0.25) is 0 Å². The molecule has 19 heavy (non-hydrogen) atoms. The third-order valence-corrected chi connectivity index (χ3v) is 3.00. The number of amides is 2. The van der Waals surface area contributed by atoms with Crippen LogP contribution < -0.4 is 15.5 Å². The second kappa shape index (κ2) is 6.43. The molecule has 2 rings (SSSR count). The Hall–Kier alpha value is -1.75. The Labute approximate surface area is 113 Å². The van der Waals surface area contributed by atoms with Crippen LogP contribution in [0.25, 0.3) is 0 Å². The quantitative estimate of drug-likeness (QED) is 0.826. The van der Waals surface area contributed by atoms with Crippen molar-refractivity contribution in [3.05, 3.63) is 24.3 Å². The Morgan fingerprint density at radius 2 is 2.37 bits per heavy atom. The van der Waals surface area contributed by atoms with Gasteiger partial charge in [-0.1, -0.05) is 6.07 Å². The number of nitrogens with zero attached hydrogens (tertiary/aromatic N) is 1. The molecule has 1 aromatic rings. The van der Waals surface area contributed by atoms with Crippen LogP contribution in [0.3, 0.4) is 0 Å². The molecule has 1 aliphatic rings. The summed E-state index contributed by atoms with van der Waals surface area (Å²) < 4.78 is 5.38. The highest BCUT2D eigenvalue weighted by Gasteiger charge is 2.21. The molecule has 1 heterocycles. The average Bonchev–Trinajstić information content (AvgIpc) is 2.83. The first-order valence-electron chi connectivity index (χ1n) is 6.70. The predicted octanol–water partition coefficient (Wildman–Crippen LogP) is 2.05. The van der Waals surface area contributed by atoms with E-state index in [-0.39, 0.29) is 12.1 Å². The predicted molar refractivity (Wildman–Crippen MR) is 76.8 cm³/mol. The van der Waals surface area contributed by atoms with Crippen LogP contribution in [0.1, 0.15) is 13.8 Å². The maximum atomic E-state index is 11.6. The van der Waals surface area contributed by atoms with Crippen LogP contribution in [0.5, 0.6) is 0 Å². The number of hydrogen-bond acceptors (Lipinski definition) is 3. The van der Waals surface area contributed by atoms with Gasteiger partial charge in [0, 0.05) is 37.1 Å². The van der Waals surface area contributed by atoms with Crippen molar-refractivity contribution in [3.8, 4) is 0 Å². The zero-order chi connectivity index (χ0) is 13.7. The summed E-state index contributed by atoms with van der Waals surface area (Å²) in [4.78, 5) is 13.4. The van der Waals surface area contributed by atoms with Gasteiger partial charge in [-0.25, -0.2) is 4.79 Å². The SMILES string of the molecule is CCOCC(C)Nc1cccc(N2CCNC2=O)c1. The van der Waals surface area contributed by atoms with Gasteiger partial charge >= 0.3 is 6.03 Å². The molecule has 1 unspecified atom stereocenters. The molecule has 2 N–H and O–H groups in total. The molecule has 0 aliphatic carbocycles. The highest BCUT2D eigenvalue weighted by atomic mass is 16.5. The monoisotopic (exact) mass is 263 g/mol. The lowest BCUT2D eigenvalue weighted by atomic mass is 10.2. The lowest BCUT2D eigenvalue weighted by molar-refractivity contribution is 0.141. The van der Waals surface area contributed by atoms with E-state index in [1.807, 2.05) is 31.2 Å². The average molecular weight is 263 g/mol. The number of nitrogens with one attached hydrogen (secondary N) is 2. The molecule has 0 saturated carbocycles. The van der Waals surface area contributed by atoms with E-state index >= 15 is 0 Å². The van der Waals surface area contributed by atoms with Gasteiger partial charge in [0.25, 0.3) is 0 Å². The molecule has 5 nitrogen and oxygen atoms in total. The van der Waals surface area contributed by atoms with Crippen molar-refractivity contribution in [1.82, 2.24) is 5.32 Å². The summed E-state index contributed by atoms with van der Waals surface area (Å²) >= 11 is 0. The molecule has 0 radical (unpaired) electrons. The molecule has 0 aromatic heterocycles. The number of ether oxygens (including phenoxy) is 1. The van der Waals surface area contributed by atoms with Gasteiger partial charge in [0.1, 0.15) is 0 Å². The van der Waals surface area contributed by atoms with Crippen LogP contribution in [-0.4, -0.2) is 38.4 Å². The van der Waals surface area contributed by atoms with Crippen LogP contribution in [0.4, 0.5) is 16.2 Å². The van der Waals surface area contributed by atoms with E-state index in [4.69, 9.17) is 4.74 Å². The minimum Gasteiger partial charge on any atom is -0.380 e. The first kappa shape index (κ1) is 13.7. The largest absolute Gasteiger partial charge is 0.380 e. The van der Waals surface area contributed by atoms with Crippen molar-refractivity contribution in [3.63, 3.8) is 0 Å². The van der Waals surface area contributed by atoms with E-state index in [1.165, 1.54) is 0 Å². The maximum absolute atomic E-state index is 11.6. The number of anilines is 2. The Kier molecular flexibility index (Phi) is 4.63. The van der Waals surface area contributed by atoms with Crippen LogP contribution in [0, 0.1) is 0 Å². The van der Waals surface area contributed by atoms with Gasteiger partial charge in [-0.15, -0.1) is 0 Å². The van der Waals surface area contributed by atoms with Crippen molar-refractivity contribution < 1.29 is 9.53 Å². The lowest BCUT2D eigenvalue weighted by Gasteiger charge is -2.18. The van der Waals surface area contributed by atoms with Crippen LogP contribution in [-0.2, 0) is 4.74 Å². The highest BCUT2D eigenvalue weighted by Crippen LogP contribution is 2.21. The molecule has 2 amide bonds. The first-order valence-corrected chi connectivity index (χ1v) is 6.70. The van der Waals surface area contributed by atoms with Crippen molar-refractivity contribution in [2.24, 2.45) is 0 Å². The summed E-state index contributed by atoms with van der Waals surface area (Å²) in [5.41, 5.74) is 1.92. The van der Waals surface area contributed by atoms with Gasteiger partial charge in [0.15, 0.2) is 0 Å². The van der Waals surface area contributed by atoms with Crippen LogP contribution in [0.15, 0.2) is 24.3 Å². The summed E-state index contributed by atoms with van der Waals surface area (Å²) in [5.74, 6) is 0. The summed E-state index contributed by atoms with van der Waals surface area (Å²) in [5, 5.41) is 6.17. The molecular formula is C14H21N3O2. The number of carbonyl (C=O) groups is 1. The molecular weight excluding hydrogens is 242 g/mol. The number of urea groups is 1. The normalized spacial score (nSPS) is 16.3. The van der Waals surface area contributed by atoms with Crippen molar-refractivity contribution >= 4 is 17.4 Å². The zero-order valence-corrected chi connectivity index (χ0v) is 11.5. The minimum atomic E-state index is -0.0282. The van der Waals surface area contributed by atoms with Crippen molar-refractivity contribution in [2.45, 2.75) is 19.9 Å². The van der Waals surface area contributed by atoms with Crippen LogP contribution >= 0.6 is 0 Å². The number of benzene rings is 1. The van der Waals surface area contributed by atoms with Gasteiger partial charge in [-0.2, -0.15) is 0 Å². The number of hydrogen-bond donors (Lipinski definition) is 2. The molecule has 1 aliphatic heterocycles. The molecule has 1 fully saturated rings. The van der Waals surface area contributed by atoms with E-state index in [2.05, 4.69) is 17.6 Å². The van der Waals surface area contributed by atoms with E-state index in [1.54, 1.807) is 4.90 Å². The molecule has 0 spiro atoms. The Morgan fingerprint density at radius 1 is 1.53 bits per heavy atom. The second-order valence-corrected chi connectivity index (χ2v) is 4.64. The molecule has 104 valence electrons. The molecule has 1 aromatic carbocycles. The summed E-state index contributed by atoms with van der Waals surface area (Å²) in [6, 6.07) is 8.11. The Morgan fingerprint density at radius 3 is 3.05 bits per heavy atom. The van der Waals surface area contributed by atoms with E-state index in [0.717, 1.165) is 24.5 Å². The van der Waals surface area contributed by atoms with Crippen molar-refractivity contribution in [1.29, 1.82) is 0 Å². The lowest BCUT2D eigenvalue weighted by Crippen LogP contribution is -2.28. The standard InChI is InChI=1S/C14H21N3O2/c1-3-19-10-11(2)16-12-5-4-6-13(9-12)17-8-7-15-14(17)18/h4-6,9,11,16H,3,7-8,10H2,1-2H3,(H,15,18). The Bertz CT molecular complexity index is 436. The minimum absolute atomic E-state index is 0.0282. The van der Waals surface area contributed by atoms with Gasteiger partial charge in [0.2, 0.25) is 0 Å². The second-order valence-electron chi connectivity index (χ2n) is 4.64. The molecule has 1 saturated heterocycles. The fourth-order valence-electron chi connectivity index (χ4n) is 2.10. The Balaban J connectivity index is 2.00. The van der Waals surface area contributed by atoms with E-state index < -0.39 is 0 Å². The third kappa shape index (κ3) is 3.61. The topological polar surface area (TPSA) is 53.6 Å². The van der Waals surface area contributed by atoms with Crippen molar-refractivity contribution in [2.75, 3.05) is 36.5 Å². The van der Waals surface area contributed by atoms with Gasteiger partial charge in [-0.3, -0.25) is 4.90 Å². The number of carbonyl (C=O) groups excluding carboxylic acids is 1. The summed E-state index contributed by atoms with van der Waals surface area (Å²) in [6.45, 7) is 6.88. The first-order chi connectivity index (χ1) is 9.20. The fraction of sp³-hybridized carbons (Fsp3) is 0.500. The van der Waals surface area contributed by atoms with Gasteiger partial charge in [0.05, 0.1) is 6.61 Å². The molecule has 1 atom stereocenters. The molecule has 0 bridgehead atoms. The van der Waals surface area contributed by atoms with E-state index in [9.17, 15) is 4.79 Å². The molecule has 5 heteroatoms. The number of rotatable bonds is 6. The summed E-state index contributed by atoms with van der Waals surface area (Å²) in [7, 11) is 0. The summed E-state index contributed by atoms with van der Waals surface area (Å²) in [6.07, 6.45) is 0. The highest BCUT2D eigenvalue weighted by molar-refractivity contribution is 5.94. The maximum Gasteiger partial charge on any atom is 0.321 e.